The van der Waals surface area contributed by atoms with Gasteiger partial charge in [0.05, 0.1) is 7.11 Å². The quantitative estimate of drug-likeness (QED) is 0.739. The molecule has 0 bridgehead atoms. The summed E-state index contributed by atoms with van der Waals surface area (Å²) in [6, 6.07) is 10.8. The summed E-state index contributed by atoms with van der Waals surface area (Å²) in [5, 5.41) is 21.2. The molecule has 0 aliphatic rings. The molecule has 1 amide bonds. The van der Waals surface area contributed by atoms with Crippen LogP contribution in [0, 0.1) is 0 Å². The van der Waals surface area contributed by atoms with E-state index in [1.54, 1.807) is 31.4 Å². The number of rotatable bonds is 3. The molecule has 0 aliphatic heterocycles. The fourth-order valence-corrected chi connectivity index (χ4v) is 1.57. The summed E-state index contributed by atoms with van der Waals surface area (Å²) in [7, 11) is 1.54. The molecule has 5 heteroatoms. The van der Waals surface area contributed by atoms with Crippen molar-refractivity contribution < 1.29 is 19.7 Å². The highest BCUT2D eigenvalue weighted by atomic mass is 16.5. The fourth-order valence-electron chi connectivity index (χ4n) is 1.57. The Morgan fingerprint density at radius 3 is 2.58 bits per heavy atom. The van der Waals surface area contributed by atoms with Gasteiger partial charge in [0.1, 0.15) is 5.75 Å². The van der Waals surface area contributed by atoms with E-state index < -0.39 is 0 Å². The van der Waals surface area contributed by atoms with Gasteiger partial charge in [0.2, 0.25) is 0 Å². The van der Waals surface area contributed by atoms with Crippen molar-refractivity contribution in [3.8, 4) is 17.2 Å². The number of aromatic hydroxyl groups is 2. The minimum Gasteiger partial charge on any atom is -0.504 e. The molecule has 19 heavy (non-hydrogen) atoms. The Balaban J connectivity index is 2.18. The van der Waals surface area contributed by atoms with Crippen molar-refractivity contribution in [2.75, 3.05) is 12.4 Å². The van der Waals surface area contributed by atoms with Gasteiger partial charge in [-0.2, -0.15) is 0 Å². The number of carbonyl (C=O) groups is 1. The molecule has 0 saturated carbocycles. The second kappa shape index (κ2) is 5.30. The first-order valence-electron chi connectivity index (χ1n) is 5.57. The molecule has 0 fully saturated rings. The number of phenolic OH excluding ortho intramolecular Hbond substituents is 2. The summed E-state index contributed by atoms with van der Waals surface area (Å²) in [5.41, 5.74) is 0.829. The zero-order valence-electron chi connectivity index (χ0n) is 10.3. The van der Waals surface area contributed by atoms with Gasteiger partial charge < -0.3 is 20.3 Å². The highest BCUT2D eigenvalue weighted by Crippen LogP contribution is 2.25. The standard InChI is InChI=1S/C14H13NO4/c1-19-11-4-2-3-10(8-11)15-14(18)9-5-6-12(16)13(17)7-9/h2-8,16-17H,1H3,(H,15,18). The van der Waals surface area contributed by atoms with Crippen molar-refractivity contribution in [3.05, 3.63) is 48.0 Å². The summed E-state index contributed by atoms with van der Waals surface area (Å²) < 4.78 is 5.05. The predicted molar refractivity (Wildman–Crippen MR) is 70.7 cm³/mol. The lowest BCUT2D eigenvalue weighted by atomic mass is 10.2. The smallest absolute Gasteiger partial charge is 0.255 e. The molecule has 0 spiro atoms. The van der Waals surface area contributed by atoms with Crippen molar-refractivity contribution in [1.82, 2.24) is 0 Å². The summed E-state index contributed by atoms with van der Waals surface area (Å²) >= 11 is 0. The van der Waals surface area contributed by atoms with Gasteiger partial charge in [0.15, 0.2) is 11.5 Å². The molecule has 0 radical (unpaired) electrons. The Bertz CT molecular complexity index is 610. The van der Waals surface area contributed by atoms with Crippen molar-refractivity contribution in [3.63, 3.8) is 0 Å². The van der Waals surface area contributed by atoms with Crippen molar-refractivity contribution in [2.24, 2.45) is 0 Å². The molecule has 0 aliphatic carbocycles. The van der Waals surface area contributed by atoms with E-state index in [-0.39, 0.29) is 23.0 Å². The number of nitrogens with one attached hydrogen (secondary N) is 1. The molecule has 3 N–H and O–H groups in total. The van der Waals surface area contributed by atoms with Gasteiger partial charge in [-0.25, -0.2) is 0 Å². The van der Waals surface area contributed by atoms with E-state index in [9.17, 15) is 15.0 Å². The van der Waals surface area contributed by atoms with Gasteiger partial charge >= 0.3 is 0 Å². The Kier molecular flexibility index (Phi) is 3.56. The molecule has 0 saturated heterocycles. The van der Waals surface area contributed by atoms with Gasteiger partial charge in [0, 0.05) is 17.3 Å². The number of benzene rings is 2. The minimum absolute atomic E-state index is 0.248. The van der Waals surface area contributed by atoms with Crippen LogP contribution < -0.4 is 10.1 Å². The van der Waals surface area contributed by atoms with Crippen molar-refractivity contribution in [1.29, 1.82) is 0 Å². The van der Waals surface area contributed by atoms with Crippen LogP contribution >= 0.6 is 0 Å². The number of hydrogen-bond donors (Lipinski definition) is 3. The van der Waals surface area contributed by atoms with Crippen LogP contribution in [-0.4, -0.2) is 23.2 Å². The zero-order valence-corrected chi connectivity index (χ0v) is 10.3. The SMILES string of the molecule is COc1cccc(NC(=O)c2ccc(O)c(O)c2)c1. The summed E-state index contributed by atoms with van der Waals surface area (Å²) in [4.78, 5) is 11.9. The molecule has 0 atom stereocenters. The van der Waals surface area contributed by atoms with Crippen molar-refractivity contribution in [2.45, 2.75) is 0 Å². The predicted octanol–water partition coefficient (Wildman–Crippen LogP) is 2.36. The molecule has 2 rings (SSSR count). The van der Waals surface area contributed by atoms with E-state index in [2.05, 4.69) is 5.32 Å². The van der Waals surface area contributed by atoms with E-state index in [0.717, 1.165) is 0 Å². The Morgan fingerprint density at radius 1 is 1.11 bits per heavy atom. The van der Waals surface area contributed by atoms with Crippen LogP contribution in [0.3, 0.4) is 0 Å². The van der Waals surface area contributed by atoms with Crippen molar-refractivity contribution >= 4 is 11.6 Å². The number of amides is 1. The fraction of sp³-hybridized carbons (Fsp3) is 0.0714. The van der Waals surface area contributed by atoms with Crippen LogP contribution in [0.5, 0.6) is 17.2 Å². The summed E-state index contributed by atoms with van der Waals surface area (Å²) in [6.07, 6.45) is 0. The molecule has 2 aromatic carbocycles. The van der Waals surface area contributed by atoms with Crippen LogP contribution in [0.15, 0.2) is 42.5 Å². The Morgan fingerprint density at radius 2 is 1.89 bits per heavy atom. The average Bonchev–Trinajstić information content (AvgIpc) is 2.42. The minimum atomic E-state index is -0.386. The highest BCUT2D eigenvalue weighted by Gasteiger charge is 2.09. The van der Waals surface area contributed by atoms with Gasteiger partial charge in [-0.05, 0) is 30.3 Å². The number of hydrogen-bond acceptors (Lipinski definition) is 4. The lowest BCUT2D eigenvalue weighted by Crippen LogP contribution is -2.11. The normalized spacial score (nSPS) is 9.95. The number of phenols is 2. The third kappa shape index (κ3) is 2.95. The number of ether oxygens (including phenoxy) is 1. The Labute approximate surface area is 110 Å². The van der Waals surface area contributed by atoms with Gasteiger partial charge in [-0.3, -0.25) is 4.79 Å². The summed E-state index contributed by atoms with van der Waals surface area (Å²) in [6.45, 7) is 0. The first kappa shape index (κ1) is 12.8. The number of carbonyl (C=O) groups excluding carboxylic acids is 1. The van der Waals surface area contributed by atoms with Crippen LogP contribution in [0.25, 0.3) is 0 Å². The average molecular weight is 259 g/mol. The third-order valence-electron chi connectivity index (χ3n) is 2.57. The lowest BCUT2D eigenvalue weighted by Gasteiger charge is -2.07. The van der Waals surface area contributed by atoms with E-state index in [1.165, 1.54) is 18.2 Å². The number of anilines is 1. The van der Waals surface area contributed by atoms with Gasteiger partial charge in [0.25, 0.3) is 5.91 Å². The molecule has 2 aromatic rings. The second-order valence-electron chi connectivity index (χ2n) is 3.89. The molecule has 0 heterocycles. The van der Waals surface area contributed by atoms with E-state index in [0.29, 0.717) is 11.4 Å². The molecular formula is C14H13NO4. The van der Waals surface area contributed by atoms with Crippen LogP contribution in [-0.2, 0) is 0 Å². The van der Waals surface area contributed by atoms with Crippen LogP contribution in [0.2, 0.25) is 0 Å². The van der Waals surface area contributed by atoms with Gasteiger partial charge in [-0.1, -0.05) is 6.07 Å². The topological polar surface area (TPSA) is 78.8 Å². The largest absolute Gasteiger partial charge is 0.504 e. The molecule has 0 unspecified atom stereocenters. The molecule has 98 valence electrons. The summed E-state index contributed by atoms with van der Waals surface area (Å²) in [5.74, 6) is -0.355. The third-order valence-corrected chi connectivity index (χ3v) is 2.57. The van der Waals surface area contributed by atoms with E-state index in [4.69, 9.17) is 4.74 Å². The maximum Gasteiger partial charge on any atom is 0.255 e. The van der Waals surface area contributed by atoms with E-state index >= 15 is 0 Å². The monoisotopic (exact) mass is 259 g/mol. The molecule has 0 aromatic heterocycles. The molecule has 5 nitrogen and oxygen atoms in total. The van der Waals surface area contributed by atoms with Crippen LogP contribution in [0.1, 0.15) is 10.4 Å². The first-order chi connectivity index (χ1) is 9.10. The maximum atomic E-state index is 11.9. The van der Waals surface area contributed by atoms with Crippen LogP contribution in [0.4, 0.5) is 5.69 Å². The maximum absolute atomic E-state index is 11.9. The Hall–Kier alpha value is -2.69. The lowest BCUT2D eigenvalue weighted by molar-refractivity contribution is 0.102. The number of methoxy groups -OCH3 is 1. The van der Waals surface area contributed by atoms with Gasteiger partial charge in [-0.15, -0.1) is 0 Å². The zero-order chi connectivity index (χ0) is 13.8. The first-order valence-corrected chi connectivity index (χ1v) is 5.57. The second-order valence-corrected chi connectivity index (χ2v) is 3.89. The molecular weight excluding hydrogens is 246 g/mol. The highest BCUT2D eigenvalue weighted by molar-refractivity contribution is 6.04. The van der Waals surface area contributed by atoms with E-state index in [1.807, 2.05) is 0 Å².